The van der Waals surface area contributed by atoms with Crippen molar-refractivity contribution in [3.8, 4) is 16.9 Å². The van der Waals surface area contributed by atoms with E-state index in [1.165, 1.54) is 24.3 Å². The van der Waals surface area contributed by atoms with Crippen LogP contribution in [0.25, 0.3) is 16.9 Å². The van der Waals surface area contributed by atoms with Crippen LogP contribution in [0, 0.1) is 18.6 Å². The molecule has 4 aromatic rings. The van der Waals surface area contributed by atoms with E-state index in [4.69, 9.17) is 0 Å². The number of para-hydroxylation sites is 1. The first kappa shape index (κ1) is 23.5. The summed E-state index contributed by atoms with van der Waals surface area (Å²) in [5.41, 5.74) is 3.84. The van der Waals surface area contributed by atoms with Gasteiger partial charge in [-0.15, -0.1) is 0 Å². The number of amides is 2. The minimum absolute atomic E-state index is 0.0389. The van der Waals surface area contributed by atoms with E-state index in [2.05, 4.69) is 0 Å². The van der Waals surface area contributed by atoms with Crippen molar-refractivity contribution < 1.29 is 18.4 Å². The van der Waals surface area contributed by atoms with Gasteiger partial charge in [-0.25, -0.2) is 8.78 Å². The Balaban J connectivity index is 1.41. The first-order valence-electron chi connectivity index (χ1n) is 11.8. The van der Waals surface area contributed by atoms with Gasteiger partial charge in [0, 0.05) is 37.6 Å². The third-order valence-electron chi connectivity index (χ3n) is 6.59. The molecular weight excluding hydrogens is 460 g/mol. The first-order valence-corrected chi connectivity index (χ1v) is 11.8. The minimum atomic E-state index is -0.549. The Kier molecular flexibility index (Phi) is 6.38. The smallest absolute Gasteiger partial charge is 0.256 e. The molecule has 0 aliphatic carbocycles. The topological polar surface area (TPSA) is 45.6 Å². The zero-order chi connectivity index (χ0) is 25.2. The summed E-state index contributed by atoms with van der Waals surface area (Å²) >= 11 is 0. The predicted octanol–water partition coefficient (Wildman–Crippen LogP) is 5.33. The van der Waals surface area contributed by atoms with Crippen LogP contribution in [0.3, 0.4) is 0 Å². The molecule has 182 valence electrons. The maximum Gasteiger partial charge on any atom is 0.256 e. The maximum atomic E-state index is 14.1. The molecule has 0 N–H and O–H groups in total. The zero-order valence-electron chi connectivity index (χ0n) is 19.8. The van der Waals surface area contributed by atoms with Crippen LogP contribution in [0.2, 0.25) is 0 Å². The zero-order valence-corrected chi connectivity index (χ0v) is 19.8. The molecule has 5 nitrogen and oxygen atoms in total. The van der Waals surface area contributed by atoms with Crippen molar-refractivity contribution in [2.75, 3.05) is 26.2 Å². The van der Waals surface area contributed by atoms with Crippen molar-refractivity contribution in [1.29, 1.82) is 0 Å². The Hall–Kier alpha value is -4.26. The fourth-order valence-corrected chi connectivity index (χ4v) is 4.65. The van der Waals surface area contributed by atoms with Crippen LogP contribution in [-0.4, -0.2) is 52.4 Å². The fourth-order valence-electron chi connectivity index (χ4n) is 4.65. The summed E-state index contributed by atoms with van der Waals surface area (Å²) in [4.78, 5) is 29.6. The van der Waals surface area contributed by atoms with Gasteiger partial charge in [-0.1, -0.05) is 30.3 Å². The van der Waals surface area contributed by atoms with Gasteiger partial charge < -0.3 is 14.4 Å². The summed E-state index contributed by atoms with van der Waals surface area (Å²) in [5, 5.41) is 0. The van der Waals surface area contributed by atoms with Crippen molar-refractivity contribution in [3.05, 3.63) is 113 Å². The van der Waals surface area contributed by atoms with E-state index in [-0.39, 0.29) is 23.2 Å². The predicted molar refractivity (Wildman–Crippen MR) is 134 cm³/mol. The number of nitrogens with zero attached hydrogens (tertiary/aromatic N) is 3. The van der Waals surface area contributed by atoms with E-state index in [0.717, 1.165) is 22.6 Å². The van der Waals surface area contributed by atoms with Crippen molar-refractivity contribution in [1.82, 2.24) is 14.4 Å². The highest BCUT2D eigenvalue weighted by Gasteiger charge is 2.29. The Morgan fingerprint density at radius 2 is 1.25 bits per heavy atom. The van der Waals surface area contributed by atoms with Gasteiger partial charge >= 0.3 is 0 Å². The second-order valence-corrected chi connectivity index (χ2v) is 8.77. The van der Waals surface area contributed by atoms with Gasteiger partial charge in [-0.2, -0.15) is 0 Å². The molecular formula is C29H25F2N3O2. The van der Waals surface area contributed by atoms with Gasteiger partial charge in [0.05, 0.1) is 16.8 Å². The Labute approximate surface area is 208 Å². The van der Waals surface area contributed by atoms with Crippen LogP contribution in [-0.2, 0) is 0 Å². The average Bonchev–Trinajstić information content (AvgIpc) is 3.26. The van der Waals surface area contributed by atoms with Gasteiger partial charge in [-0.3, -0.25) is 9.59 Å². The van der Waals surface area contributed by atoms with Crippen LogP contribution in [0.1, 0.15) is 26.4 Å². The lowest BCUT2D eigenvalue weighted by atomic mass is 10.1. The highest BCUT2D eigenvalue weighted by Crippen LogP contribution is 2.30. The number of carbonyl (C=O) groups is 2. The van der Waals surface area contributed by atoms with Gasteiger partial charge in [0.1, 0.15) is 11.6 Å². The Morgan fingerprint density at radius 3 is 1.86 bits per heavy atom. The summed E-state index contributed by atoms with van der Waals surface area (Å²) < 4.78 is 29.7. The lowest BCUT2D eigenvalue weighted by Gasteiger charge is -2.35. The number of benzene rings is 3. The van der Waals surface area contributed by atoms with Gasteiger partial charge in [-0.05, 0) is 67.1 Å². The molecule has 36 heavy (non-hydrogen) atoms. The molecule has 1 aromatic heterocycles. The molecule has 0 saturated carbocycles. The minimum Gasteiger partial charge on any atom is -0.335 e. The lowest BCUT2D eigenvalue weighted by Crippen LogP contribution is -2.50. The van der Waals surface area contributed by atoms with Crippen molar-refractivity contribution in [2.45, 2.75) is 6.92 Å². The molecule has 5 rings (SSSR count). The van der Waals surface area contributed by atoms with Gasteiger partial charge in [0.25, 0.3) is 11.8 Å². The summed E-state index contributed by atoms with van der Waals surface area (Å²) in [5.74, 6) is -1.38. The third-order valence-corrected chi connectivity index (χ3v) is 6.59. The largest absolute Gasteiger partial charge is 0.335 e. The summed E-state index contributed by atoms with van der Waals surface area (Å²) in [6.07, 6.45) is 0. The van der Waals surface area contributed by atoms with Crippen molar-refractivity contribution in [2.24, 2.45) is 0 Å². The molecule has 2 amide bonds. The lowest BCUT2D eigenvalue weighted by molar-refractivity contribution is 0.0532. The van der Waals surface area contributed by atoms with Crippen LogP contribution in [0.4, 0.5) is 8.78 Å². The van der Waals surface area contributed by atoms with E-state index in [0.29, 0.717) is 31.7 Å². The number of piperazine rings is 1. The van der Waals surface area contributed by atoms with Gasteiger partial charge in [0.15, 0.2) is 0 Å². The second kappa shape index (κ2) is 9.77. The van der Waals surface area contributed by atoms with Crippen LogP contribution >= 0.6 is 0 Å². The normalized spacial score (nSPS) is 13.6. The highest BCUT2D eigenvalue weighted by molar-refractivity contribution is 5.98. The Morgan fingerprint density at radius 1 is 0.694 bits per heavy atom. The first-order chi connectivity index (χ1) is 17.4. The van der Waals surface area contributed by atoms with Crippen LogP contribution in [0.5, 0.6) is 0 Å². The molecule has 1 aliphatic heterocycles. The highest BCUT2D eigenvalue weighted by atomic mass is 19.1. The molecule has 0 bridgehead atoms. The number of halogens is 2. The standard InChI is InChI=1S/C29H25F2N3O2/c1-20-25(19-27(21-11-13-22(30)14-12-21)34(20)23-7-3-2-4-8-23)29(36)33-17-15-32(16-18-33)28(35)24-9-5-6-10-26(24)31/h2-14,19H,15-18H2,1H3. The molecule has 7 heteroatoms. The van der Waals surface area contributed by atoms with Crippen molar-refractivity contribution in [3.63, 3.8) is 0 Å². The van der Waals surface area contributed by atoms with Crippen molar-refractivity contribution >= 4 is 11.8 Å². The molecule has 3 aromatic carbocycles. The number of aromatic nitrogens is 1. The second-order valence-electron chi connectivity index (χ2n) is 8.77. The SMILES string of the molecule is Cc1c(C(=O)N2CCN(C(=O)c3ccccc3F)CC2)cc(-c2ccc(F)cc2)n1-c1ccccc1. The molecule has 1 aliphatic rings. The van der Waals surface area contributed by atoms with E-state index in [9.17, 15) is 18.4 Å². The number of carbonyl (C=O) groups excluding carboxylic acids is 2. The summed E-state index contributed by atoms with van der Waals surface area (Å²) in [6, 6.07) is 23.7. The fraction of sp³-hybridized carbons (Fsp3) is 0.172. The third kappa shape index (κ3) is 4.40. The average molecular weight is 486 g/mol. The summed E-state index contributed by atoms with van der Waals surface area (Å²) in [7, 11) is 0. The number of hydrogen-bond donors (Lipinski definition) is 0. The van der Waals surface area contributed by atoms with E-state index < -0.39 is 5.82 Å². The van der Waals surface area contributed by atoms with E-state index in [1.54, 1.807) is 34.1 Å². The molecule has 0 unspecified atom stereocenters. The van der Waals surface area contributed by atoms with Crippen LogP contribution < -0.4 is 0 Å². The van der Waals surface area contributed by atoms with Crippen LogP contribution in [0.15, 0.2) is 84.9 Å². The summed E-state index contributed by atoms with van der Waals surface area (Å²) in [6.45, 7) is 3.23. The molecule has 0 radical (unpaired) electrons. The molecule has 1 saturated heterocycles. The maximum absolute atomic E-state index is 14.1. The van der Waals surface area contributed by atoms with E-state index in [1.807, 2.05) is 47.9 Å². The number of rotatable bonds is 4. The number of hydrogen-bond acceptors (Lipinski definition) is 2. The van der Waals surface area contributed by atoms with Gasteiger partial charge in [0.2, 0.25) is 0 Å². The Bertz CT molecular complexity index is 1410. The van der Waals surface area contributed by atoms with E-state index >= 15 is 0 Å². The molecule has 0 spiro atoms. The molecule has 2 heterocycles. The quantitative estimate of drug-likeness (QED) is 0.392. The molecule has 0 atom stereocenters. The molecule has 1 fully saturated rings. The monoisotopic (exact) mass is 485 g/mol.